The van der Waals surface area contributed by atoms with Crippen molar-refractivity contribution >= 4 is 0 Å². The molecule has 0 saturated heterocycles. The number of hydrogen-bond acceptors (Lipinski definition) is 2. The topological polar surface area (TPSA) is 40.5 Å². The first-order chi connectivity index (χ1) is 7.31. The second kappa shape index (κ2) is 12.0. The molecule has 0 heterocycles. The third-order valence-corrected chi connectivity index (χ3v) is 2.85. The summed E-state index contributed by atoms with van der Waals surface area (Å²) >= 11 is 0. The largest absolute Gasteiger partial charge is 0.394 e. The number of hydrogen-bond donors (Lipinski definition) is 2. The van der Waals surface area contributed by atoms with Gasteiger partial charge >= 0.3 is 0 Å². The minimum absolute atomic E-state index is 0.0863. The Kier molecular flexibility index (Phi) is 11.9. The van der Waals surface area contributed by atoms with Gasteiger partial charge in [-0.25, -0.2) is 0 Å². The van der Waals surface area contributed by atoms with Crippen molar-refractivity contribution in [1.82, 2.24) is 0 Å². The molecule has 0 bridgehead atoms. The Bertz CT molecular complexity index is 115. The standard InChI is InChI=1S/C13H28O2/c1-2-3-4-5-6-7-8-9-10-11-13(15)12-14/h13-15H,2-12H2,1H3/t13-/m1/s1. The lowest BCUT2D eigenvalue weighted by Gasteiger charge is -2.06. The Labute approximate surface area is 94.7 Å². The first kappa shape index (κ1) is 14.9. The molecular weight excluding hydrogens is 188 g/mol. The van der Waals surface area contributed by atoms with E-state index in [2.05, 4.69) is 6.92 Å². The molecule has 0 amide bonds. The van der Waals surface area contributed by atoms with Gasteiger partial charge in [0.05, 0.1) is 12.7 Å². The fourth-order valence-corrected chi connectivity index (χ4v) is 1.78. The van der Waals surface area contributed by atoms with Crippen molar-refractivity contribution in [3.63, 3.8) is 0 Å². The van der Waals surface area contributed by atoms with Gasteiger partial charge in [-0.1, -0.05) is 64.7 Å². The summed E-state index contributed by atoms with van der Waals surface area (Å²) in [5.41, 5.74) is 0. The highest BCUT2D eigenvalue weighted by molar-refractivity contribution is 4.53. The predicted molar refractivity (Wildman–Crippen MR) is 64.9 cm³/mol. The molecule has 0 saturated carbocycles. The third-order valence-electron chi connectivity index (χ3n) is 2.85. The smallest absolute Gasteiger partial charge is 0.0770 e. The predicted octanol–water partition coefficient (Wildman–Crippen LogP) is 3.26. The van der Waals surface area contributed by atoms with E-state index in [0.29, 0.717) is 0 Å². The quantitative estimate of drug-likeness (QED) is 0.520. The molecule has 0 aromatic rings. The summed E-state index contributed by atoms with van der Waals surface area (Å²) < 4.78 is 0. The molecule has 0 rings (SSSR count). The fraction of sp³-hybridized carbons (Fsp3) is 1.00. The molecule has 0 aromatic heterocycles. The second-order valence-electron chi connectivity index (χ2n) is 4.45. The van der Waals surface area contributed by atoms with Crippen molar-refractivity contribution in [3.05, 3.63) is 0 Å². The van der Waals surface area contributed by atoms with Gasteiger partial charge in [-0.2, -0.15) is 0 Å². The Balaban J connectivity index is 2.92. The Morgan fingerprint density at radius 3 is 1.73 bits per heavy atom. The Morgan fingerprint density at radius 1 is 0.800 bits per heavy atom. The lowest BCUT2D eigenvalue weighted by atomic mass is 10.1. The molecule has 1 atom stereocenters. The van der Waals surface area contributed by atoms with Crippen molar-refractivity contribution in [2.75, 3.05) is 6.61 Å². The van der Waals surface area contributed by atoms with Crippen LogP contribution in [0.1, 0.15) is 71.1 Å². The number of rotatable bonds is 11. The molecule has 0 radical (unpaired) electrons. The molecular formula is C13H28O2. The zero-order valence-electron chi connectivity index (χ0n) is 10.2. The van der Waals surface area contributed by atoms with Crippen molar-refractivity contribution in [2.24, 2.45) is 0 Å². The van der Waals surface area contributed by atoms with Crippen LogP contribution in [0.5, 0.6) is 0 Å². The number of unbranched alkanes of at least 4 members (excludes halogenated alkanes) is 8. The lowest BCUT2D eigenvalue weighted by molar-refractivity contribution is 0.0860. The SMILES string of the molecule is CCCCCCCCCCC[C@@H](O)CO. The molecule has 0 spiro atoms. The van der Waals surface area contributed by atoms with E-state index in [0.717, 1.165) is 12.8 Å². The average molecular weight is 216 g/mol. The van der Waals surface area contributed by atoms with Crippen molar-refractivity contribution in [2.45, 2.75) is 77.2 Å². The van der Waals surface area contributed by atoms with Crippen molar-refractivity contribution in [1.29, 1.82) is 0 Å². The lowest BCUT2D eigenvalue weighted by Crippen LogP contribution is -2.10. The van der Waals surface area contributed by atoms with Crippen LogP contribution in [0.2, 0.25) is 0 Å². The molecule has 0 fully saturated rings. The van der Waals surface area contributed by atoms with Gasteiger partial charge in [0.2, 0.25) is 0 Å². The summed E-state index contributed by atoms with van der Waals surface area (Å²) in [6, 6.07) is 0. The van der Waals surface area contributed by atoms with Crippen LogP contribution in [0.3, 0.4) is 0 Å². The molecule has 2 heteroatoms. The molecule has 92 valence electrons. The maximum atomic E-state index is 9.11. The van der Waals surface area contributed by atoms with Crippen LogP contribution in [-0.4, -0.2) is 22.9 Å². The van der Waals surface area contributed by atoms with E-state index in [1.807, 2.05) is 0 Å². The molecule has 2 nitrogen and oxygen atoms in total. The van der Waals surface area contributed by atoms with Crippen LogP contribution in [-0.2, 0) is 0 Å². The van der Waals surface area contributed by atoms with Crippen LogP contribution in [0, 0.1) is 0 Å². The van der Waals surface area contributed by atoms with Crippen LogP contribution in [0.15, 0.2) is 0 Å². The van der Waals surface area contributed by atoms with Crippen LogP contribution < -0.4 is 0 Å². The third kappa shape index (κ3) is 11.8. The van der Waals surface area contributed by atoms with Crippen LogP contribution in [0.25, 0.3) is 0 Å². The summed E-state index contributed by atoms with van der Waals surface area (Å²) in [5.74, 6) is 0. The van der Waals surface area contributed by atoms with Gasteiger partial charge in [0, 0.05) is 0 Å². The van der Waals surface area contributed by atoms with E-state index in [-0.39, 0.29) is 6.61 Å². The molecule has 0 aromatic carbocycles. The average Bonchev–Trinajstić information content (AvgIpc) is 2.26. The van der Waals surface area contributed by atoms with Gasteiger partial charge in [0.25, 0.3) is 0 Å². The van der Waals surface area contributed by atoms with E-state index < -0.39 is 6.10 Å². The summed E-state index contributed by atoms with van der Waals surface area (Å²) in [6.45, 7) is 2.16. The van der Waals surface area contributed by atoms with Crippen molar-refractivity contribution < 1.29 is 10.2 Å². The summed E-state index contributed by atoms with van der Waals surface area (Å²) in [5, 5.41) is 17.7. The van der Waals surface area contributed by atoms with Crippen molar-refractivity contribution in [3.8, 4) is 0 Å². The highest BCUT2D eigenvalue weighted by atomic mass is 16.3. The zero-order chi connectivity index (χ0) is 11.4. The van der Waals surface area contributed by atoms with E-state index in [1.165, 1.54) is 51.4 Å². The molecule has 0 aliphatic rings. The Morgan fingerprint density at radius 2 is 1.27 bits per heavy atom. The highest BCUT2D eigenvalue weighted by Gasteiger charge is 2.00. The van der Waals surface area contributed by atoms with E-state index in [1.54, 1.807) is 0 Å². The highest BCUT2D eigenvalue weighted by Crippen LogP contribution is 2.11. The first-order valence-corrected chi connectivity index (χ1v) is 6.60. The van der Waals surface area contributed by atoms with Gasteiger partial charge in [0.1, 0.15) is 0 Å². The normalized spacial score (nSPS) is 13.0. The fourth-order valence-electron chi connectivity index (χ4n) is 1.78. The van der Waals surface area contributed by atoms with E-state index >= 15 is 0 Å². The molecule has 15 heavy (non-hydrogen) atoms. The minimum Gasteiger partial charge on any atom is -0.394 e. The minimum atomic E-state index is -0.491. The monoisotopic (exact) mass is 216 g/mol. The van der Waals surface area contributed by atoms with Gasteiger partial charge in [0.15, 0.2) is 0 Å². The molecule has 0 aliphatic carbocycles. The van der Waals surface area contributed by atoms with E-state index in [4.69, 9.17) is 10.2 Å². The van der Waals surface area contributed by atoms with Crippen LogP contribution >= 0.6 is 0 Å². The van der Waals surface area contributed by atoms with Gasteiger partial charge in [-0.15, -0.1) is 0 Å². The molecule has 0 aliphatic heterocycles. The Hall–Kier alpha value is -0.0800. The van der Waals surface area contributed by atoms with Gasteiger partial charge in [-0.05, 0) is 6.42 Å². The number of aliphatic hydroxyl groups excluding tert-OH is 2. The van der Waals surface area contributed by atoms with Gasteiger partial charge < -0.3 is 10.2 Å². The summed E-state index contributed by atoms with van der Waals surface area (Å²) in [4.78, 5) is 0. The van der Waals surface area contributed by atoms with Gasteiger partial charge in [-0.3, -0.25) is 0 Å². The maximum absolute atomic E-state index is 9.11. The second-order valence-corrected chi connectivity index (χ2v) is 4.45. The number of aliphatic hydroxyl groups is 2. The molecule has 0 unspecified atom stereocenters. The summed E-state index contributed by atoms with van der Waals surface area (Å²) in [6.07, 6.45) is 12.0. The molecule has 2 N–H and O–H groups in total. The summed E-state index contributed by atoms with van der Waals surface area (Å²) in [7, 11) is 0. The maximum Gasteiger partial charge on any atom is 0.0770 e. The van der Waals surface area contributed by atoms with E-state index in [9.17, 15) is 0 Å². The van der Waals surface area contributed by atoms with Crippen LogP contribution in [0.4, 0.5) is 0 Å². The first-order valence-electron chi connectivity index (χ1n) is 6.60. The zero-order valence-corrected chi connectivity index (χ0v) is 10.2.